The minimum Gasteiger partial charge on any atom is -0.461 e. The van der Waals surface area contributed by atoms with Crippen molar-refractivity contribution in [2.24, 2.45) is 17.6 Å². The van der Waals surface area contributed by atoms with Crippen LogP contribution >= 0.6 is 0 Å². The summed E-state index contributed by atoms with van der Waals surface area (Å²) in [6.07, 6.45) is 6.00. The maximum Gasteiger partial charge on any atom is 0.238 e. The van der Waals surface area contributed by atoms with Gasteiger partial charge in [0.25, 0.3) is 0 Å². The number of sulfone groups is 1. The molecule has 2 aromatic rings. The molecule has 4 rings (SSSR count). The van der Waals surface area contributed by atoms with Gasteiger partial charge in [0.2, 0.25) is 17.6 Å². The molecule has 0 spiro atoms. The molecule has 1 aliphatic carbocycles. The van der Waals surface area contributed by atoms with Gasteiger partial charge in [-0.15, -0.1) is 0 Å². The average molecular weight is 673 g/mol. The van der Waals surface area contributed by atoms with Crippen molar-refractivity contribution in [3.05, 3.63) is 60.1 Å². The Balaban J connectivity index is 1.74. The number of aliphatic hydroxyl groups excluding tert-OH is 1. The van der Waals surface area contributed by atoms with Crippen LogP contribution in [0.3, 0.4) is 0 Å². The molecule has 12 heteroatoms. The fourth-order valence-electron chi connectivity index (χ4n) is 6.94. The van der Waals surface area contributed by atoms with Crippen molar-refractivity contribution < 1.29 is 32.3 Å². The first-order chi connectivity index (χ1) is 21.9. The van der Waals surface area contributed by atoms with E-state index in [1.807, 2.05) is 25.7 Å². The standard InChI is InChI=1S/C35H52N4O7S/c1-34(2,3)38-32(42)25-19-23-15-10-11-16-24(23)20-39(25)21-26(40)29(37-33(43)31(36)35(4,5)47(6,44)45)28(22-13-8-7-9-14-22)30(41)27-17-12-18-46-27/h7-9,12-14,17-18,23-26,28-29,31,40H,10-11,15-16,19-21,36H2,1-6H3,(H,37,43)(H,38,42)/t23-,24+,25?,26?,28?,29?,31+/m0/s1. The number of nitrogens with one attached hydrogen (secondary N) is 2. The molecule has 1 aromatic heterocycles. The van der Waals surface area contributed by atoms with Crippen molar-refractivity contribution in [2.75, 3.05) is 19.3 Å². The molecule has 1 aromatic carbocycles. The summed E-state index contributed by atoms with van der Waals surface area (Å²) >= 11 is 0. The maximum absolute atomic E-state index is 14.1. The van der Waals surface area contributed by atoms with Gasteiger partial charge in [0.1, 0.15) is 6.04 Å². The highest BCUT2D eigenvalue weighted by Crippen LogP contribution is 2.39. The number of fused-ring (bicyclic) bond motifs is 1. The lowest BCUT2D eigenvalue weighted by Gasteiger charge is -2.47. The Morgan fingerprint density at radius 2 is 1.66 bits per heavy atom. The zero-order chi connectivity index (χ0) is 34.7. The van der Waals surface area contributed by atoms with Crippen LogP contribution in [0.15, 0.2) is 53.1 Å². The number of β-amino-alcohol motifs (C(OH)–C–C–N with tert-alkyl or cyclic N) is 1. The average Bonchev–Trinajstić information content (AvgIpc) is 3.54. The van der Waals surface area contributed by atoms with E-state index in [1.54, 1.807) is 36.4 Å². The van der Waals surface area contributed by atoms with E-state index in [4.69, 9.17) is 10.2 Å². The largest absolute Gasteiger partial charge is 0.461 e. The van der Waals surface area contributed by atoms with Gasteiger partial charge in [0, 0.05) is 24.9 Å². The monoisotopic (exact) mass is 672 g/mol. The number of carbonyl (C=O) groups excluding carboxylic acids is 3. The number of amides is 2. The molecule has 4 unspecified atom stereocenters. The third-order valence-corrected chi connectivity index (χ3v) is 12.2. The summed E-state index contributed by atoms with van der Waals surface area (Å²) in [4.78, 5) is 43.6. The lowest BCUT2D eigenvalue weighted by atomic mass is 9.72. The van der Waals surface area contributed by atoms with Crippen LogP contribution < -0.4 is 16.4 Å². The fraction of sp³-hybridized carbons (Fsp3) is 0.629. The van der Waals surface area contributed by atoms with E-state index in [0.717, 1.165) is 31.9 Å². The van der Waals surface area contributed by atoms with Gasteiger partial charge < -0.3 is 25.9 Å². The lowest BCUT2D eigenvalue weighted by Crippen LogP contribution is -2.63. The number of ketones is 1. The zero-order valence-electron chi connectivity index (χ0n) is 28.4. The molecular formula is C35H52N4O7S. The van der Waals surface area contributed by atoms with E-state index < -0.39 is 62.0 Å². The number of furan rings is 1. The molecule has 1 aliphatic heterocycles. The highest BCUT2D eigenvalue weighted by Gasteiger charge is 2.46. The van der Waals surface area contributed by atoms with Crippen molar-refractivity contribution in [3.8, 4) is 0 Å². The van der Waals surface area contributed by atoms with Crippen LogP contribution in [0.4, 0.5) is 0 Å². The molecule has 11 nitrogen and oxygen atoms in total. The molecule has 2 heterocycles. The van der Waals surface area contributed by atoms with Crippen LogP contribution in [0.5, 0.6) is 0 Å². The van der Waals surface area contributed by atoms with Gasteiger partial charge in [0.05, 0.1) is 35.1 Å². The molecule has 0 bridgehead atoms. The second kappa shape index (κ2) is 14.6. The van der Waals surface area contributed by atoms with Gasteiger partial charge in [-0.1, -0.05) is 49.6 Å². The van der Waals surface area contributed by atoms with Gasteiger partial charge >= 0.3 is 0 Å². The maximum atomic E-state index is 14.1. The molecule has 47 heavy (non-hydrogen) atoms. The number of benzene rings is 1. The van der Waals surface area contributed by atoms with E-state index >= 15 is 0 Å². The Kier molecular flexibility index (Phi) is 11.4. The normalized spacial score (nSPS) is 23.5. The number of piperidine rings is 1. The first kappa shape index (κ1) is 36.8. The highest BCUT2D eigenvalue weighted by atomic mass is 32.2. The molecule has 0 radical (unpaired) electrons. The summed E-state index contributed by atoms with van der Waals surface area (Å²) in [6, 6.07) is 8.57. The van der Waals surface area contributed by atoms with Crippen molar-refractivity contribution >= 4 is 27.4 Å². The van der Waals surface area contributed by atoms with Crippen LogP contribution in [-0.2, 0) is 19.4 Å². The number of hydrogen-bond acceptors (Lipinski definition) is 9. The number of likely N-dealkylation sites (tertiary alicyclic amines) is 1. The van der Waals surface area contributed by atoms with E-state index in [1.165, 1.54) is 26.2 Å². The summed E-state index contributed by atoms with van der Waals surface area (Å²) in [5, 5.41) is 18.0. The predicted molar refractivity (Wildman–Crippen MR) is 180 cm³/mol. The summed E-state index contributed by atoms with van der Waals surface area (Å²) in [5.74, 6) is -1.75. The van der Waals surface area contributed by atoms with E-state index in [0.29, 0.717) is 30.4 Å². The molecule has 7 atom stereocenters. The number of rotatable bonds is 12. The minimum atomic E-state index is -3.78. The van der Waals surface area contributed by atoms with Gasteiger partial charge in [-0.3, -0.25) is 19.3 Å². The molecule has 2 aliphatic rings. The van der Waals surface area contributed by atoms with E-state index in [2.05, 4.69) is 10.6 Å². The van der Waals surface area contributed by atoms with Gasteiger partial charge in [0.15, 0.2) is 15.6 Å². The Morgan fingerprint density at radius 3 is 2.23 bits per heavy atom. The Morgan fingerprint density at radius 1 is 1.02 bits per heavy atom. The zero-order valence-corrected chi connectivity index (χ0v) is 29.3. The van der Waals surface area contributed by atoms with Crippen LogP contribution in [0.25, 0.3) is 0 Å². The predicted octanol–water partition coefficient (Wildman–Crippen LogP) is 3.04. The third kappa shape index (κ3) is 8.70. The Hall–Kier alpha value is -3.06. The molecule has 260 valence electrons. The Bertz CT molecular complexity index is 1490. The molecule has 5 N–H and O–H groups in total. The van der Waals surface area contributed by atoms with Crippen molar-refractivity contribution in [1.29, 1.82) is 0 Å². The van der Waals surface area contributed by atoms with Gasteiger partial charge in [-0.05, 0) is 77.0 Å². The molecule has 2 fully saturated rings. The molecule has 2 amide bonds. The SMILES string of the molecule is CC(C)(C)NC(=O)C1C[C@@H]2CCCC[C@@H]2CN1CC(O)C(NC(=O)[C@@H](N)C(C)(C)S(C)(=O)=O)C(C(=O)c1ccco1)c1ccccc1. The minimum absolute atomic E-state index is 0.0180. The molecule has 1 saturated heterocycles. The van der Waals surface area contributed by atoms with E-state index in [-0.39, 0.29) is 18.2 Å². The van der Waals surface area contributed by atoms with Crippen molar-refractivity contribution in [3.63, 3.8) is 0 Å². The smallest absolute Gasteiger partial charge is 0.238 e. The van der Waals surface area contributed by atoms with E-state index in [9.17, 15) is 27.9 Å². The third-order valence-electron chi connectivity index (χ3n) is 10.00. The summed E-state index contributed by atoms with van der Waals surface area (Å²) in [6.45, 7) is 9.08. The van der Waals surface area contributed by atoms with Crippen molar-refractivity contribution in [1.82, 2.24) is 15.5 Å². The molecular weight excluding hydrogens is 620 g/mol. The second-order valence-corrected chi connectivity index (χ2v) is 17.5. The van der Waals surface area contributed by atoms with Gasteiger partial charge in [-0.25, -0.2) is 8.42 Å². The number of Topliss-reactive ketones (excluding diaryl/α,β-unsaturated/α-hetero) is 1. The highest BCUT2D eigenvalue weighted by molar-refractivity contribution is 7.92. The van der Waals surface area contributed by atoms with Crippen LogP contribution in [0, 0.1) is 11.8 Å². The van der Waals surface area contributed by atoms with Crippen LogP contribution in [0.2, 0.25) is 0 Å². The number of nitrogens with two attached hydrogens (primary N) is 1. The number of aliphatic hydroxyl groups is 1. The lowest BCUT2D eigenvalue weighted by molar-refractivity contribution is -0.133. The number of nitrogens with zero attached hydrogens (tertiary/aromatic N) is 1. The second-order valence-electron chi connectivity index (χ2n) is 14.9. The quantitative estimate of drug-likeness (QED) is 0.247. The molecule has 1 saturated carbocycles. The first-order valence-electron chi connectivity index (χ1n) is 16.5. The fourth-order valence-corrected chi connectivity index (χ4v) is 7.51. The van der Waals surface area contributed by atoms with Crippen LogP contribution in [0.1, 0.15) is 88.8 Å². The summed E-state index contributed by atoms with van der Waals surface area (Å²) < 4.78 is 29.0. The summed E-state index contributed by atoms with van der Waals surface area (Å²) in [5.41, 5.74) is 6.33. The Labute approximate surface area is 278 Å². The van der Waals surface area contributed by atoms with Crippen LogP contribution in [-0.4, -0.2) is 89.9 Å². The van der Waals surface area contributed by atoms with Gasteiger partial charge in [-0.2, -0.15) is 0 Å². The number of carbonyl (C=O) groups is 3. The van der Waals surface area contributed by atoms with Crippen molar-refractivity contribution in [2.45, 2.75) is 107 Å². The topological polar surface area (TPSA) is 172 Å². The summed E-state index contributed by atoms with van der Waals surface area (Å²) in [7, 11) is -3.78. The number of hydrogen-bond donors (Lipinski definition) is 4. The first-order valence-corrected chi connectivity index (χ1v) is 18.4.